The van der Waals surface area contributed by atoms with Crippen molar-refractivity contribution in [3.8, 4) is 0 Å². The lowest BCUT2D eigenvalue weighted by Gasteiger charge is -2.33. The minimum absolute atomic E-state index is 0.0202. The summed E-state index contributed by atoms with van der Waals surface area (Å²) in [6.45, 7) is 5.33. The Morgan fingerprint density at radius 2 is 2.09 bits per heavy atom. The number of aromatic nitrogens is 1. The molecular formula is C16H26N4O2S. The largest absolute Gasteiger partial charge is 0.348 e. The van der Waals surface area contributed by atoms with E-state index in [-0.39, 0.29) is 23.9 Å². The molecule has 2 heterocycles. The van der Waals surface area contributed by atoms with Crippen LogP contribution < -0.4 is 5.32 Å². The molecule has 6 nitrogen and oxygen atoms in total. The van der Waals surface area contributed by atoms with Crippen molar-refractivity contribution >= 4 is 23.3 Å². The number of piperidine rings is 1. The number of nitrogens with one attached hydrogen (secondary N) is 1. The second-order valence-corrected chi connectivity index (χ2v) is 7.13. The molecule has 1 N–H and O–H groups in total. The molecule has 2 rings (SSSR count). The van der Waals surface area contributed by atoms with E-state index >= 15 is 0 Å². The molecule has 0 aliphatic carbocycles. The van der Waals surface area contributed by atoms with Gasteiger partial charge in [-0.3, -0.25) is 4.79 Å². The number of thiazole rings is 1. The van der Waals surface area contributed by atoms with Gasteiger partial charge < -0.3 is 15.1 Å². The summed E-state index contributed by atoms with van der Waals surface area (Å²) in [7, 11) is 3.50. The summed E-state index contributed by atoms with van der Waals surface area (Å²) in [6.07, 6.45) is 2.36. The van der Waals surface area contributed by atoms with Gasteiger partial charge in [0.15, 0.2) is 0 Å². The second-order valence-electron chi connectivity index (χ2n) is 6.19. The Bertz CT molecular complexity index is 550. The van der Waals surface area contributed by atoms with E-state index in [1.165, 1.54) is 0 Å². The number of nitrogens with zero attached hydrogens (tertiary/aromatic N) is 3. The zero-order valence-electron chi connectivity index (χ0n) is 14.3. The SMILES string of the molecule is CCc1nc(C(C)NC(=O)C2CCN(C(=O)N(C)C)CC2)cs1. The summed E-state index contributed by atoms with van der Waals surface area (Å²) in [5.74, 6) is 0.0495. The summed E-state index contributed by atoms with van der Waals surface area (Å²) in [5.41, 5.74) is 0.931. The first kappa shape index (κ1) is 17.7. The van der Waals surface area contributed by atoms with Crippen LogP contribution in [0.3, 0.4) is 0 Å². The molecule has 0 aromatic carbocycles. The highest BCUT2D eigenvalue weighted by molar-refractivity contribution is 7.09. The van der Waals surface area contributed by atoms with Crippen LogP contribution in [0.5, 0.6) is 0 Å². The molecule has 0 spiro atoms. The van der Waals surface area contributed by atoms with Crippen LogP contribution in [-0.2, 0) is 11.2 Å². The third-order valence-corrected chi connectivity index (χ3v) is 5.20. The zero-order chi connectivity index (χ0) is 17.0. The fraction of sp³-hybridized carbons (Fsp3) is 0.688. The summed E-state index contributed by atoms with van der Waals surface area (Å²) >= 11 is 1.64. The van der Waals surface area contributed by atoms with Crippen LogP contribution in [0.25, 0.3) is 0 Å². The van der Waals surface area contributed by atoms with Gasteiger partial charge in [-0.1, -0.05) is 6.92 Å². The molecule has 1 unspecified atom stereocenters. The average molecular weight is 338 g/mol. The molecule has 7 heteroatoms. The van der Waals surface area contributed by atoms with E-state index in [1.54, 1.807) is 35.2 Å². The Morgan fingerprint density at radius 3 is 2.61 bits per heavy atom. The molecule has 1 aliphatic rings. The number of likely N-dealkylation sites (tertiary alicyclic amines) is 1. The Labute approximate surface area is 141 Å². The highest BCUT2D eigenvalue weighted by Gasteiger charge is 2.28. The highest BCUT2D eigenvalue weighted by atomic mass is 32.1. The van der Waals surface area contributed by atoms with Crippen molar-refractivity contribution in [2.45, 2.75) is 39.2 Å². The first-order valence-corrected chi connectivity index (χ1v) is 9.01. The number of rotatable bonds is 4. The number of carbonyl (C=O) groups is 2. The first-order chi connectivity index (χ1) is 10.9. The van der Waals surface area contributed by atoms with E-state index in [0.29, 0.717) is 13.1 Å². The van der Waals surface area contributed by atoms with Crippen molar-refractivity contribution in [3.63, 3.8) is 0 Å². The van der Waals surface area contributed by atoms with E-state index in [4.69, 9.17) is 0 Å². The van der Waals surface area contributed by atoms with Crippen LogP contribution in [0.4, 0.5) is 4.79 Å². The quantitative estimate of drug-likeness (QED) is 0.916. The summed E-state index contributed by atoms with van der Waals surface area (Å²) < 4.78 is 0. The molecule has 1 aromatic rings. The fourth-order valence-corrected chi connectivity index (χ4v) is 3.55. The maximum Gasteiger partial charge on any atom is 0.319 e. The normalized spacial score (nSPS) is 17.0. The van der Waals surface area contributed by atoms with Crippen molar-refractivity contribution < 1.29 is 9.59 Å². The van der Waals surface area contributed by atoms with Gasteiger partial charge in [0.25, 0.3) is 0 Å². The number of carbonyl (C=O) groups excluding carboxylic acids is 2. The van der Waals surface area contributed by atoms with Crippen LogP contribution in [0.2, 0.25) is 0 Å². The van der Waals surface area contributed by atoms with Gasteiger partial charge in [0.1, 0.15) is 0 Å². The third-order valence-electron chi connectivity index (χ3n) is 4.19. The fourth-order valence-electron chi connectivity index (χ4n) is 2.71. The number of aryl methyl sites for hydroxylation is 1. The minimum Gasteiger partial charge on any atom is -0.348 e. The third kappa shape index (κ3) is 4.43. The molecule has 1 aliphatic heterocycles. The summed E-state index contributed by atoms with van der Waals surface area (Å²) in [5, 5.41) is 6.17. The first-order valence-electron chi connectivity index (χ1n) is 8.13. The molecule has 128 valence electrons. The van der Waals surface area contributed by atoms with Crippen molar-refractivity contribution in [1.82, 2.24) is 20.1 Å². The van der Waals surface area contributed by atoms with Gasteiger partial charge in [-0.25, -0.2) is 9.78 Å². The van der Waals surface area contributed by atoms with E-state index in [9.17, 15) is 9.59 Å². The van der Waals surface area contributed by atoms with Crippen molar-refractivity contribution in [1.29, 1.82) is 0 Å². The molecule has 23 heavy (non-hydrogen) atoms. The van der Waals surface area contributed by atoms with Gasteiger partial charge in [0.2, 0.25) is 5.91 Å². The second kappa shape index (κ2) is 7.77. The van der Waals surface area contributed by atoms with Crippen LogP contribution in [-0.4, -0.2) is 53.9 Å². The Morgan fingerprint density at radius 1 is 1.43 bits per heavy atom. The maximum atomic E-state index is 12.4. The minimum atomic E-state index is -0.0690. The maximum absolute atomic E-state index is 12.4. The number of hydrogen-bond acceptors (Lipinski definition) is 4. The molecule has 0 radical (unpaired) electrons. The van der Waals surface area contributed by atoms with E-state index in [2.05, 4.69) is 17.2 Å². The van der Waals surface area contributed by atoms with Gasteiger partial charge in [0.05, 0.1) is 16.7 Å². The molecule has 3 amide bonds. The average Bonchev–Trinajstić information content (AvgIpc) is 3.03. The smallest absolute Gasteiger partial charge is 0.319 e. The molecule has 0 bridgehead atoms. The van der Waals surface area contributed by atoms with Crippen molar-refractivity contribution in [2.75, 3.05) is 27.2 Å². The summed E-state index contributed by atoms with van der Waals surface area (Å²) in [4.78, 5) is 32.2. The molecule has 1 fully saturated rings. The van der Waals surface area contributed by atoms with Crippen LogP contribution in [0.1, 0.15) is 43.4 Å². The molecule has 1 saturated heterocycles. The molecular weight excluding hydrogens is 312 g/mol. The topological polar surface area (TPSA) is 65.5 Å². The van der Waals surface area contributed by atoms with Gasteiger partial charge in [-0.2, -0.15) is 0 Å². The molecule has 1 atom stereocenters. The monoisotopic (exact) mass is 338 g/mol. The van der Waals surface area contributed by atoms with Gasteiger partial charge in [0, 0.05) is 38.5 Å². The number of urea groups is 1. The predicted molar refractivity (Wildman–Crippen MR) is 91.4 cm³/mol. The van der Waals surface area contributed by atoms with E-state index in [0.717, 1.165) is 30.0 Å². The molecule has 0 saturated carbocycles. The van der Waals surface area contributed by atoms with Crippen LogP contribution in [0, 0.1) is 5.92 Å². The Hall–Kier alpha value is -1.63. The van der Waals surface area contributed by atoms with Crippen LogP contribution in [0.15, 0.2) is 5.38 Å². The number of hydrogen-bond donors (Lipinski definition) is 1. The zero-order valence-corrected chi connectivity index (χ0v) is 15.2. The van der Waals surface area contributed by atoms with Crippen molar-refractivity contribution in [3.05, 3.63) is 16.1 Å². The van der Waals surface area contributed by atoms with Gasteiger partial charge >= 0.3 is 6.03 Å². The van der Waals surface area contributed by atoms with E-state index in [1.807, 2.05) is 12.3 Å². The number of amides is 3. The Balaban J connectivity index is 1.84. The lowest BCUT2D eigenvalue weighted by molar-refractivity contribution is -0.127. The highest BCUT2D eigenvalue weighted by Crippen LogP contribution is 2.21. The molecule has 1 aromatic heterocycles. The summed E-state index contributed by atoms with van der Waals surface area (Å²) in [6, 6.07) is -0.0488. The van der Waals surface area contributed by atoms with E-state index < -0.39 is 0 Å². The van der Waals surface area contributed by atoms with Crippen LogP contribution >= 0.6 is 11.3 Å². The lowest BCUT2D eigenvalue weighted by atomic mass is 9.95. The Kier molecular flexibility index (Phi) is 5.98. The van der Waals surface area contributed by atoms with Gasteiger partial charge in [-0.05, 0) is 26.2 Å². The van der Waals surface area contributed by atoms with Gasteiger partial charge in [-0.15, -0.1) is 11.3 Å². The van der Waals surface area contributed by atoms with Crippen molar-refractivity contribution in [2.24, 2.45) is 5.92 Å². The lowest BCUT2D eigenvalue weighted by Crippen LogP contribution is -2.46. The standard InChI is InChI=1S/C16H26N4O2S/c1-5-14-18-13(10-23-14)11(2)17-15(21)12-6-8-20(9-7-12)16(22)19(3)4/h10-12H,5-9H2,1-4H3,(H,17,21). The predicted octanol–water partition coefficient (Wildman–Crippen LogP) is 2.28.